The Labute approximate surface area is 145 Å². The van der Waals surface area contributed by atoms with E-state index in [2.05, 4.69) is 10.4 Å². The molecule has 3 rings (SSSR count). The summed E-state index contributed by atoms with van der Waals surface area (Å²) in [5, 5.41) is 16.6. The van der Waals surface area contributed by atoms with Crippen LogP contribution in [0.2, 0.25) is 0 Å². The number of carbonyl (C=O) groups is 1. The van der Waals surface area contributed by atoms with E-state index in [4.69, 9.17) is 4.74 Å². The second-order valence-corrected chi connectivity index (χ2v) is 5.41. The predicted molar refractivity (Wildman–Crippen MR) is 95.7 cm³/mol. The largest absolute Gasteiger partial charge is 0.497 e. The van der Waals surface area contributed by atoms with Gasteiger partial charge < -0.3 is 15.2 Å². The number of rotatable bonds is 6. The van der Waals surface area contributed by atoms with E-state index in [9.17, 15) is 9.90 Å². The molecule has 2 N–H and O–H groups in total. The Morgan fingerprint density at radius 1 is 1.16 bits per heavy atom. The van der Waals surface area contributed by atoms with E-state index in [0.29, 0.717) is 17.1 Å². The lowest BCUT2D eigenvalue weighted by Crippen LogP contribution is -2.16. The van der Waals surface area contributed by atoms with Gasteiger partial charge in [0.2, 0.25) is 0 Å². The molecular formula is C19H19N3O3. The molecule has 25 heavy (non-hydrogen) atoms. The van der Waals surface area contributed by atoms with Gasteiger partial charge in [-0.3, -0.25) is 4.79 Å². The van der Waals surface area contributed by atoms with Gasteiger partial charge in [-0.1, -0.05) is 30.3 Å². The number of aliphatic hydroxyl groups is 1. The summed E-state index contributed by atoms with van der Waals surface area (Å²) >= 11 is 0. The molecule has 0 unspecified atom stereocenters. The highest BCUT2D eigenvalue weighted by molar-refractivity contribution is 6.04. The molecule has 6 heteroatoms. The van der Waals surface area contributed by atoms with Crippen LogP contribution in [0.1, 0.15) is 10.4 Å². The minimum Gasteiger partial charge on any atom is -0.497 e. The number of hydrogen-bond donors (Lipinski definition) is 2. The van der Waals surface area contributed by atoms with Crippen LogP contribution in [0.25, 0.3) is 11.3 Å². The SMILES string of the molecule is COc1cccc(-c2cc(NC(=O)c3ccccc3)n(CCO)n2)c1. The number of hydrogen-bond acceptors (Lipinski definition) is 4. The molecular weight excluding hydrogens is 318 g/mol. The lowest BCUT2D eigenvalue weighted by molar-refractivity contribution is 0.102. The number of nitrogens with one attached hydrogen (secondary N) is 1. The van der Waals surface area contributed by atoms with Crippen LogP contribution in [0.3, 0.4) is 0 Å². The van der Waals surface area contributed by atoms with Gasteiger partial charge >= 0.3 is 0 Å². The Morgan fingerprint density at radius 3 is 2.68 bits per heavy atom. The first kappa shape index (κ1) is 16.7. The van der Waals surface area contributed by atoms with Crippen LogP contribution in [0, 0.1) is 0 Å². The Bertz CT molecular complexity index is 859. The van der Waals surface area contributed by atoms with Crippen molar-refractivity contribution in [2.45, 2.75) is 6.54 Å². The van der Waals surface area contributed by atoms with E-state index in [1.165, 1.54) is 0 Å². The number of nitrogens with zero attached hydrogens (tertiary/aromatic N) is 2. The van der Waals surface area contributed by atoms with Crippen LogP contribution in [-0.2, 0) is 6.54 Å². The number of methoxy groups -OCH3 is 1. The molecule has 1 amide bonds. The molecule has 0 fully saturated rings. The van der Waals surface area contributed by atoms with E-state index >= 15 is 0 Å². The number of aromatic nitrogens is 2. The van der Waals surface area contributed by atoms with Gasteiger partial charge in [-0.05, 0) is 24.3 Å². The van der Waals surface area contributed by atoms with Crippen LogP contribution >= 0.6 is 0 Å². The average Bonchev–Trinajstić information content (AvgIpc) is 3.05. The van der Waals surface area contributed by atoms with E-state index in [1.54, 1.807) is 30.0 Å². The Hall–Kier alpha value is -3.12. The standard InChI is InChI=1S/C19H19N3O3/c1-25-16-9-5-8-15(12-16)17-13-18(22(21-17)10-11-23)20-19(24)14-6-3-2-4-7-14/h2-9,12-13,23H,10-11H2,1H3,(H,20,24). The Kier molecular flexibility index (Phi) is 5.11. The number of aliphatic hydroxyl groups excluding tert-OH is 1. The molecule has 0 saturated heterocycles. The normalized spacial score (nSPS) is 10.5. The fraction of sp³-hybridized carbons (Fsp3) is 0.158. The molecule has 0 atom stereocenters. The first-order chi connectivity index (χ1) is 12.2. The lowest BCUT2D eigenvalue weighted by atomic mass is 10.1. The second kappa shape index (κ2) is 7.63. The van der Waals surface area contributed by atoms with Crippen molar-refractivity contribution >= 4 is 11.7 Å². The topological polar surface area (TPSA) is 76.4 Å². The minimum absolute atomic E-state index is 0.0760. The van der Waals surface area contributed by atoms with Crippen molar-refractivity contribution in [3.05, 3.63) is 66.2 Å². The summed E-state index contributed by atoms with van der Waals surface area (Å²) < 4.78 is 6.82. The highest BCUT2D eigenvalue weighted by Gasteiger charge is 2.13. The summed E-state index contributed by atoms with van der Waals surface area (Å²) in [5.74, 6) is 1.03. The van der Waals surface area contributed by atoms with E-state index in [1.807, 2.05) is 42.5 Å². The first-order valence-electron chi connectivity index (χ1n) is 7.91. The Balaban J connectivity index is 1.90. The zero-order valence-corrected chi connectivity index (χ0v) is 13.8. The third-order valence-corrected chi connectivity index (χ3v) is 3.73. The van der Waals surface area contributed by atoms with Gasteiger partial charge in [-0.25, -0.2) is 4.68 Å². The lowest BCUT2D eigenvalue weighted by Gasteiger charge is -2.07. The molecule has 3 aromatic rings. The number of amides is 1. The van der Waals surface area contributed by atoms with Crippen LogP contribution in [0.5, 0.6) is 5.75 Å². The second-order valence-electron chi connectivity index (χ2n) is 5.41. The third kappa shape index (κ3) is 3.87. The van der Waals surface area contributed by atoms with Crippen molar-refractivity contribution < 1.29 is 14.6 Å². The molecule has 0 aliphatic rings. The van der Waals surface area contributed by atoms with Crippen molar-refractivity contribution in [3.8, 4) is 17.0 Å². The van der Waals surface area contributed by atoms with Crippen molar-refractivity contribution in [2.24, 2.45) is 0 Å². The Morgan fingerprint density at radius 2 is 1.96 bits per heavy atom. The maximum atomic E-state index is 12.4. The molecule has 128 valence electrons. The molecule has 1 heterocycles. The van der Waals surface area contributed by atoms with Crippen LogP contribution < -0.4 is 10.1 Å². The quantitative estimate of drug-likeness (QED) is 0.725. The summed E-state index contributed by atoms with van der Waals surface area (Å²) in [6.45, 7) is 0.210. The number of ether oxygens (including phenoxy) is 1. The fourth-order valence-electron chi connectivity index (χ4n) is 2.48. The zero-order chi connectivity index (χ0) is 17.6. The van der Waals surface area contributed by atoms with E-state index in [-0.39, 0.29) is 19.1 Å². The highest BCUT2D eigenvalue weighted by atomic mass is 16.5. The maximum absolute atomic E-state index is 12.4. The van der Waals surface area contributed by atoms with Crippen molar-refractivity contribution in [1.82, 2.24) is 9.78 Å². The van der Waals surface area contributed by atoms with Gasteiger partial charge in [-0.15, -0.1) is 0 Å². The molecule has 0 bridgehead atoms. The number of carbonyl (C=O) groups excluding carboxylic acids is 1. The highest BCUT2D eigenvalue weighted by Crippen LogP contribution is 2.25. The van der Waals surface area contributed by atoms with Gasteiger partial charge in [-0.2, -0.15) is 5.10 Å². The van der Waals surface area contributed by atoms with Gasteiger partial charge in [0.1, 0.15) is 11.6 Å². The first-order valence-corrected chi connectivity index (χ1v) is 7.91. The summed E-state index contributed by atoms with van der Waals surface area (Å²) in [6, 6.07) is 18.2. The molecule has 6 nitrogen and oxygen atoms in total. The van der Waals surface area contributed by atoms with Gasteiger partial charge in [0.05, 0.1) is 26.0 Å². The summed E-state index contributed by atoms with van der Waals surface area (Å²) in [7, 11) is 1.61. The summed E-state index contributed by atoms with van der Waals surface area (Å²) in [4.78, 5) is 12.4. The van der Waals surface area contributed by atoms with Crippen LogP contribution in [-0.4, -0.2) is 34.5 Å². The molecule has 0 saturated carbocycles. The monoisotopic (exact) mass is 337 g/mol. The summed E-state index contributed by atoms with van der Waals surface area (Å²) in [6.07, 6.45) is 0. The van der Waals surface area contributed by atoms with E-state index in [0.717, 1.165) is 11.3 Å². The summed E-state index contributed by atoms with van der Waals surface area (Å²) in [5.41, 5.74) is 2.11. The smallest absolute Gasteiger partial charge is 0.256 e. The molecule has 0 spiro atoms. The fourth-order valence-corrected chi connectivity index (χ4v) is 2.48. The van der Waals surface area contributed by atoms with Crippen LogP contribution in [0.4, 0.5) is 5.82 Å². The predicted octanol–water partition coefficient (Wildman–Crippen LogP) is 2.80. The van der Waals surface area contributed by atoms with Crippen molar-refractivity contribution in [1.29, 1.82) is 0 Å². The van der Waals surface area contributed by atoms with E-state index < -0.39 is 0 Å². The minimum atomic E-state index is -0.225. The maximum Gasteiger partial charge on any atom is 0.256 e. The molecule has 2 aromatic carbocycles. The number of anilines is 1. The zero-order valence-electron chi connectivity index (χ0n) is 13.8. The average molecular weight is 337 g/mol. The molecule has 0 radical (unpaired) electrons. The van der Waals surface area contributed by atoms with Crippen molar-refractivity contribution in [2.75, 3.05) is 19.0 Å². The van der Waals surface area contributed by atoms with Gasteiger partial charge in [0.15, 0.2) is 0 Å². The van der Waals surface area contributed by atoms with Gasteiger partial charge in [0, 0.05) is 17.2 Å². The number of benzene rings is 2. The third-order valence-electron chi connectivity index (χ3n) is 3.73. The molecule has 0 aliphatic heterocycles. The van der Waals surface area contributed by atoms with Crippen molar-refractivity contribution in [3.63, 3.8) is 0 Å². The molecule has 0 aliphatic carbocycles. The van der Waals surface area contributed by atoms with Gasteiger partial charge in [0.25, 0.3) is 5.91 Å². The molecule has 1 aromatic heterocycles. The van der Waals surface area contributed by atoms with Crippen LogP contribution in [0.15, 0.2) is 60.7 Å².